The highest BCUT2D eigenvalue weighted by Gasteiger charge is 2.00. The third-order valence-corrected chi connectivity index (χ3v) is 2.27. The van der Waals surface area contributed by atoms with Crippen LogP contribution >= 0.6 is 0 Å². The monoisotopic (exact) mass is 224 g/mol. The van der Waals surface area contributed by atoms with Crippen LogP contribution in [0.15, 0.2) is 24.3 Å². The number of aliphatic hydroxyl groups excluding tert-OH is 1. The van der Waals surface area contributed by atoms with Crippen molar-refractivity contribution in [1.82, 2.24) is 0 Å². The molecule has 1 aromatic carbocycles. The van der Waals surface area contributed by atoms with Crippen LogP contribution in [0.4, 0.5) is 0 Å². The molecule has 0 aliphatic rings. The summed E-state index contributed by atoms with van der Waals surface area (Å²) in [5, 5.41) is 9.33. The minimum absolute atomic E-state index is 0.424. The van der Waals surface area contributed by atoms with E-state index >= 15 is 0 Å². The summed E-state index contributed by atoms with van der Waals surface area (Å²) in [6.07, 6.45) is 0.471. The topological polar surface area (TPSA) is 38.7 Å². The van der Waals surface area contributed by atoms with E-state index < -0.39 is 6.10 Å². The molecule has 1 rings (SSSR count). The highest BCUT2D eigenvalue weighted by molar-refractivity contribution is 5.28. The van der Waals surface area contributed by atoms with Crippen molar-refractivity contribution in [3.05, 3.63) is 29.8 Å². The minimum Gasteiger partial charge on any atom is -0.494 e. The lowest BCUT2D eigenvalue weighted by molar-refractivity contribution is 0.131. The molecule has 0 bridgehead atoms. The van der Waals surface area contributed by atoms with Gasteiger partial charge in [-0.1, -0.05) is 12.1 Å². The van der Waals surface area contributed by atoms with Crippen molar-refractivity contribution in [3.8, 4) is 5.75 Å². The summed E-state index contributed by atoms with van der Waals surface area (Å²) in [6.45, 7) is 5.88. The van der Waals surface area contributed by atoms with Crippen LogP contribution in [0.25, 0.3) is 0 Å². The molecule has 1 atom stereocenters. The van der Waals surface area contributed by atoms with Crippen LogP contribution < -0.4 is 4.74 Å². The molecule has 3 heteroatoms. The van der Waals surface area contributed by atoms with Crippen molar-refractivity contribution in [1.29, 1.82) is 0 Å². The van der Waals surface area contributed by atoms with E-state index in [9.17, 15) is 5.11 Å². The average Bonchev–Trinajstić information content (AvgIpc) is 2.29. The highest BCUT2D eigenvalue weighted by atomic mass is 16.5. The zero-order valence-electron chi connectivity index (χ0n) is 9.98. The predicted molar refractivity (Wildman–Crippen MR) is 63.7 cm³/mol. The third-order valence-electron chi connectivity index (χ3n) is 2.27. The first kappa shape index (κ1) is 13.0. The molecule has 1 N–H and O–H groups in total. The Balaban J connectivity index is 2.27. The lowest BCUT2D eigenvalue weighted by Gasteiger charge is -2.08. The molecule has 1 aromatic rings. The molecule has 0 saturated carbocycles. The van der Waals surface area contributed by atoms with E-state index in [4.69, 9.17) is 9.47 Å². The van der Waals surface area contributed by atoms with Gasteiger partial charge in [-0.3, -0.25) is 0 Å². The molecule has 0 radical (unpaired) electrons. The molecule has 0 heterocycles. The van der Waals surface area contributed by atoms with Gasteiger partial charge in [-0.05, 0) is 31.5 Å². The maximum atomic E-state index is 9.33. The van der Waals surface area contributed by atoms with Crippen molar-refractivity contribution in [3.63, 3.8) is 0 Å². The van der Waals surface area contributed by atoms with Gasteiger partial charge in [-0.2, -0.15) is 0 Å². The fourth-order valence-corrected chi connectivity index (χ4v) is 1.34. The molecule has 0 spiro atoms. The zero-order chi connectivity index (χ0) is 11.8. The fraction of sp³-hybridized carbons (Fsp3) is 0.538. The first-order chi connectivity index (χ1) is 7.74. The van der Waals surface area contributed by atoms with E-state index in [2.05, 4.69) is 0 Å². The molecular weight excluding hydrogens is 204 g/mol. The van der Waals surface area contributed by atoms with Crippen molar-refractivity contribution in [2.24, 2.45) is 0 Å². The number of hydrogen-bond acceptors (Lipinski definition) is 3. The smallest absolute Gasteiger partial charge is 0.119 e. The van der Waals surface area contributed by atoms with Crippen LogP contribution in [-0.4, -0.2) is 24.9 Å². The molecule has 0 aromatic heterocycles. The molecule has 3 nitrogen and oxygen atoms in total. The van der Waals surface area contributed by atoms with E-state index in [1.54, 1.807) is 6.92 Å². The fourth-order valence-electron chi connectivity index (χ4n) is 1.34. The summed E-state index contributed by atoms with van der Waals surface area (Å²) < 4.78 is 10.7. The van der Waals surface area contributed by atoms with Crippen molar-refractivity contribution in [2.45, 2.75) is 26.4 Å². The standard InChI is InChI=1S/C13H20O3/c1-3-15-9-4-10-16-13-7-5-12(6-8-13)11(2)14/h5-8,11,14H,3-4,9-10H2,1-2H3/t11-/m0/s1. The van der Waals surface area contributed by atoms with Gasteiger partial charge >= 0.3 is 0 Å². The molecule has 0 fully saturated rings. The first-order valence-electron chi connectivity index (χ1n) is 5.72. The van der Waals surface area contributed by atoms with Crippen LogP contribution in [0, 0.1) is 0 Å². The highest BCUT2D eigenvalue weighted by Crippen LogP contribution is 2.17. The number of aliphatic hydroxyl groups is 1. The Labute approximate surface area is 97.0 Å². The number of ether oxygens (including phenoxy) is 2. The summed E-state index contributed by atoms with van der Waals surface area (Å²) in [4.78, 5) is 0. The number of hydrogen-bond donors (Lipinski definition) is 1. The second-order valence-electron chi connectivity index (χ2n) is 3.64. The molecule has 0 saturated heterocycles. The largest absolute Gasteiger partial charge is 0.494 e. The minimum atomic E-state index is -0.424. The summed E-state index contributed by atoms with van der Waals surface area (Å²) in [5.74, 6) is 0.834. The Kier molecular flexibility index (Phi) is 5.90. The summed E-state index contributed by atoms with van der Waals surface area (Å²) in [7, 11) is 0. The van der Waals surface area contributed by atoms with Crippen molar-refractivity contribution < 1.29 is 14.6 Å². The van der Waals surface area contributed by atoms with Gasteiger partial charge in [0.05, 0.1) is 12.7 Å². The lowest BCUT2D eigenvalue weighted by Crippen LogP contribution is -2.03. The van der Waals surface area contributed by atoms with Gasteiger partial charge in [0.2, 0.25) is 0 Å². The van der Waals surface area contributed by atoms with Gasteiger partial charge < -0.3 is 14.6 Å². The summed E-state index contributed by atoms with van der Waals surface area (Å²) in [6, 6.07) is 7.51. The second kappa shape index (κ2) is 7.25. The molecule has 0 aliphatic carbocycles. The van der Waals surface area contributed by atoms with Gasteiger partial charge in [0, 0.05) is 19.6 Å². The van der Waals surface area contributed by atoms with Gasteiger partial charge in [0.15, 0.2) is 0 Å². The van der Waals surface area contributed by atoms with E-state index in [0.29, 0.717) is 6.61 Å². The van der Waals surface area contributed by atoms with Crippen LogP contribution in [0.1, 0.15) is 31.9 Å². The van der Waals surface area contributed by atoms with Gasteiger partial charge in [0.1, 0.15) is 5.75 Å². The molecule has 0 amide bonds. The Morgan fingerprint density at radius 2 is 1.88 bits per heavy atom. The normalized spacial score (nSPS) is 12.4. The van der Waals surface area contributed by atoms with E-state index in [-0.39, 0.29) is 0 Å². The summed E-state index contributed by atoms with van der Waals surface area (Å²) in [5.41, 5.74) is 0.904. The SMILES string of the molecule is CCOCCCOc1ccc([C@H](C)O)cc1. The van der Waals surface area contributed by atoms with Crippen molar-refractivity contribution >= 4 is 0 Å². The molecule has 0 unspecified atom stereocenters. The van der Waals surface area contributed by atoms with Crippen molar-refractivity contribution in [2.75, 3.05) is 19.8 Å². The Hall–Kier alpha value is -1.06. The zero-order valence-corrected chi connectivity index (χ0v) is 9.98. The van der Waals surface area contributed by atoms with Gasteiger partial charge in [-0.15, -0.1) is 0 Å². The summed E-state index contributed by atoms with van der Waals surface area (Å²) >= 11 is 0. The number of benzene rings is 1. The molecular formula is C13H20O3. The molecule has 0 aliphatic heterocycles. The molecule has 16 heavy (non-hydrogen) atoms. The first-order valence-corrected chi connectivity index (χ1v) is 5.72. The van der Waals surface area contributed by atoms with Gasteiger partial charge in [0.25, 0.3) is 0 Å². The Morgan fingerprint density at radius 1 is 1.19 bits per heavy atom. The van der Waals surface area contributed by atoms with Crippen LogP contribution in [-0.2, 0) is 4.74 Å². The van der Waals surface area contributed by atoms with Crippen LogP contribution in [0.3, 0.4) is 0 Å². The maximum Gasteiger partial charge on any atom is 0.119 e. The third kappa shape index (κ3) is 4.64. The maximum absolute atomic E-state index is 9.33. The average molecular weight is 224 g/mol. The predicted octanol–water partition coefficient (Wildman–Crippen LogP) is 2.55. The second-order valence-corrected chi connectivity index (χ2v) is 3.64. The van der Waals surface area contributed by atoms with Crippen LogP contribution in [0.2, 0.25) is 0 Å². The lowest BCUT2D eigenvalue weighted by atomic mass is 10.1. The molecule has 90 valence electrons. The van der Waals surface area contributed by atoms with E-state index in [0.717, 1.165) is 30.9 Å². The number of rotatable bonds is 7. The Morgan fingerprint density at radius 3 is 2.44 bits per heavy atom. The Bertz CT molecular complexity index is 280. The van der Waals surface area contributed by atoms with Crippen LogP contribution in [0.5, 0.6) is 5.75 Å². The van der Waals surface area contributed by atoms with Gasteiger partial charge in [-0.25, -0.2) is 0 Å². The van der Waals surface area contributed by atoms with E-state index in [1.807, 2.05) is 31.2 Å². The van der Waals surface area contributed by atoms with E-state index in [1.165, 1.54) is 0 Å². The quantitative estimate of drug-likeness (QED) is 0.723.